The quantitative estimate of drug-likeness (QED) is 0.105. The van der Waals surface area contributed by atoms with E-state index < -0.39 is 44.2 Å². The third-order valence-electron chi connectivity index (χ3n) is 9.37. The SMILES string of the molecule is CC1=CC(C)CC(C)=C1c1cc(C)c(OP(=O)(O)OCCC[C@H](C(=O)O)N2CCNCCN(CC(=O)NCC(=O)O)CCN(CC(=O)O)CC2)cc1C. The molecule has 1 aromatic rings. The third kappa shape index (κ3) is 14.6. The number of amides is 1. The number of nitrogens with one attached hydrogen (secondary N) is 2. The van der Waals surface area contributed by atoms with Gasteiger partial charge in [0.2, 0.25) is 5.91 Å². The van der Waals surface area contributed by atoms with E-state index in [-0.39, 0.29) is 57.9 Å². The molecule has 0 radical (unpaired) electrons. The largest absolute Gasteiger partial charge is 0.527 e. The predicted octanol–water partition coefficient (Wildman–Crippen LogP) is 2.59. The van der Waals surface area contributed by atoms with Crippen LogP contribution in [0.5, 0.6) is 5.75 Å². The summed E-state index contributed by atoms with van der Waals surface area (Å²) in [6.45, 7) is 11.7. The van der Waals surface area contributed by atoms with Crippen molar-refractivity contribution in [1.82, 2.24) is 25.3 Å². The van der Waals surface area contributed by atoms with Gasteiger partial charge in [-0.1, -0.05) is 18.6 Å². The zero-order valence-electron chi connectivity index (χ0n) is 31.4. The van der Waals surface area contributed by atoms with Gasteiger partial charge in [-0.2, -0.15) is 0 Å². The molecule has 2 aliphatic rings. The van der Waals surface area contributed by atoms with E-state index in [4.69, 9.17) is 14.2 Å². The molecule has 53 heavy (non-hydrogen) atoms. The number of hydrogen-bond acceptors (Lipinski definition) is 11. The van der Waals surface area contributed by atoms with Gasteiger partial charge in [0, 0.05) is 52.4 Å². The van der Waals surface area contributed by atoms with Gasteiger partial charge in [0.05, 0.1) is 19.7 Å². The summed E-state index contributed by atoms with van der Waals surface area (Å²) < 4.78 is 23.8. The zero-order valence-corrected chi connectivity index (χ0v) is 32.3. The van der Waals surface area contributed by atoms with Crippen LogP contribution in [0.25, 0.3) is 5.57 Å². The summed E-state index contributed by atoms with van der Waals surface area (Å²) in [6, 6.07) is 2.72. The molecule has 3 atom stereocenters. The summed E-state index contributed by atoms with van der Waals surface area (Å²) in [6.07, 6.45) is 3.45. The highest BCUT2D eigenvalue weighted by Gasteiger charge is 2.29. The van der Waals surface area contributed by atoms with Gasteiger partial charge in [-0.05, 0) is 92.8 Å². The molecule has 1 aliphatic carbocycles. The number of carbonyl (C=O) groups is 4. The van der Waals surface area contributed by atoms with Crippen LogP contribution in [-0.4, -0.2) is 143 Å². The Hall–Kier alpha value is -3.63. The normalized spacial score (nSPS) is 20.3. The summed E-state index contributed by atoms with van der Waals surface area (Å²) >= 11 is 0. The molecule has 296 valence electrons. The molecule has 1 aromatic carbocycles. The average molecular weight is 766 g/mol. The minimum Gasteiger partial charge on any atom is -0.480 e. The Morgan fingerprint density at radius 2 is 1.58 bits per heavy atom. The van der Waals surface area contributed by atoms with Gasteiger partial charge in [-0.3, -0.25) is 43.3 Å². The number of hydrogen-bond donors (Lipinski definition) is 6. The first-order valence-electron chi connectivity index (χ1n) is 17.9. The van der Waals surface area contributed by atoms with E-state index in [1.165, 1.54) is 16.7 Å². The lowest BCUT2D eigenvalue weighted by Crippen LogP contribution is -2.51. The first kappa shape index (κ1) is 43.8. The number of carbonyl (C=O) groups excluding carboxylic acids is 1. The Bertz CT molecular complexity index is 1580. The van der Waals surface area contributed by atoms with E-state index in [0.29, 0.717) is 44.2 Å². The Balaban J connectivity index is 1.60. The summed E-state index contributed by atoms with van der Waals surface area (Å²) in [5.74, 6) is -3.07. The molecule has 0 spiro atoms. The lowest BCUT2D eigenvalue weighted by Gasteiger charge is -2.33. The number of phosphoric acid groups is 1. The van der Waals surface area contributed by atoms with Crippen molar-refractivity contribution in [2.24, 2.45) is 5.92 Å². The van der Waals surface area contributed by atoms with Crippen LogP contribution >= 0.6 is 7.82 Å². The lowest BCUT2D eigenvalue weighted by atomic mass is 9.82. The molecule has 3 rings (SSSR count). The van der Waals surface area contributed by atoms with Crippen molar-refractivity contribution in [3.63, 3.8) is 0 Å². The fraction of sp³-hybridized carbons (Fsp3) is 0.611. The van der Waals surface area contributed by atoms with Gasteiger partial charge >= 0.3 is 25.7 Å². The summed E-state index contributed by atoms with van der Waals surface area (Å²) in [7, 11) is -4.55. The van der Waals surface area contributed by atoms with Gasteiger partial charge in [0.15, 0.2) is 0 Å². The molecule has 0 aromatic heterocycles. The number of phosphoric ester groups is 1. The van der Waals surface area contributed by atoms with Crippen LogP contribution in [0.15, 0.2) is 29.4 Å². The molecular formula is C36H56N5O11P. The number of aliphatic carboxylic acids is 3. The molecule has 0 bridgehead atoms. The Morgan fingerprint density at radius 1 is 0.925 bits per heavy atom. The molecule has 2 unspecified atom stereocenters. The van der Waals surface area contributed by atoms with Crippen molar-refractivity contribution in [1.29, 1.82) is 0 Å². The second-order valence-electron chi connectivity index (χ2n) is 13.9. The predicted molar refractivity (Wildman–Crippen MR) is 199 cm³/mol. The monoisotopic (exact) mass is 765 g/mol. The number of allylic oxidation sites excluding steroid dienone is 4. The maximum atomic E-state index is 13.0. The van der Waals surface area contributed by atoms with Gasteiger partial charge in [0.25, 0.3) is 0 Å². The van der Waals surface area contributed by atoms with Gasteiger partial charge < -0.3 is 30.5 Å². The molecule has 0 saturated carbocycles. The van der Waals surface area contributed by atoms with Gasteiger partial charge in [-0.25, -0.2) is 4.57 Å². The second-order valence-corrected chi connectivity index (χ2v) is 15.3. The van der Waals surface area contributed by atoms with Crippen LogP contribution in [0, 0.1) is 19.8 Å². The number of carboxylic acids is 3. The maximum Gasteiger partial charge on any atom is 0.527 e. The Labute approximate surface area is 311 Å². The van der Waals surface area contributed by atoms with Crippen molar-refractivity contribution in [2.75, 3.05) is 78.6 Å². The Kier molecular flexibility index (Phi) is 17.1. The number of nitrogens with zero attached hydrogens (tertiary/aromatic N) is 3. The van der Waals surface area contributed by atoms with Crippen LogP contribution in [0.3, 0.4) is 0 Å². The highest BCUT2D eigenvalue weighted by molar-refractivity contribution is 7.47. The molecule has 6 N–H and O–H groups in total. The van der Waals surface area contributed by atoms with E-state index in [1.807, 2.05) is 13.0 Å². The maximum absolute atomic E-state index is 13.0. The standard InChI is InChI=1S/C36H56N5O11P/c1-24-17-27(4)35(28(5)18-24)29-19-26(3)31(20-25(29)2)52-53(49,50)51-16-6-7-30(36(47)48)41-11-9-37-8-10-39(22-32(42)38-21-33(43)44)12-13-40(14-15-41)23-34(45)46/h17,19-20,24,30,37H,6-16,18,21-23H2,1-5H3,(H,38,42)(H,43,44)(H,45,46)(H,47,48)(H,49,50)/t24?,30-/m1/s1. The molecule has 16 nitrogen and oxygen atoms in total. The first-order chi connectivity index (χ1) is 25.0. The van der Waals surface area contributed by atoms with Gasteiger partial charge in [0.1, 0.15) is 18.3 Å². The van der Waals surface area contributed by atoms with Crippen molar-refractivity contribution in [3.8, 4) is 5.75 Å². The molecule has 1 aliphatic heterocycles. The van der Waals surface area contributed by atoms with Crippen molar-refractivity contribution >= 4 is 37.2 Å². The minimum absolute atomic E-state index is 0.0579. The molecule has 1 saturated heterocycles. The summed E-state index contributed by atoms with van der Waals surface area (Å²) in [5.41, 5.74) is 6.28. The number of aryl methyl sites for hydroxylation is 2. The van der Waals surface area contributed by atoms with E-state index in [9.17, 15) is 38.8 Å². The van der Waals surface area contributed by atoms with Crippen LogP contribution in [0.2, 0.25) is 0 Å². The highest BCUT2D eigenvalue weighted by Crippen LogP contribution is 2.46. The molecular weight excluding hydrogens is 709 g/mol. The lowest BCUT2D eigenvalue weighted by molar-refractivity contribution is -0.144. The van der Waals surface area contributed by atoms with E-state index in [2.05, 4.69) is 37.5 Å². The summed E-state index contributed by atoms with van der Waals surface area (Å²) in [4.78, 5) is 62.9. The number of carboxylic acid groups (broad SMARTS) is 3. The van der Waals surface area contributed by atoms with Crippen LogP contribution < -0.4 is 15.2 Å². The highest BCUT2D eigenvalue weighted by atomic mass is 31.2. The van der Waals surface area contributed by atoms with E-state index in [0.717, 1.165) is 17.5 Å². The average Bonchev–Trinajstić information content (AvgIpc) is 3.04. The first-order valence-corrected chi connectivity index (χ1v) is 19.4. The zero-order chi connectivity index (χ0) is 39.3. The number of rotatable bonds is 16. The van der Waals surface area contributed by atoms with Crippen LogP contribution in [-0.2, 0) is 28.3 Å². The van der Waals surface area contributed by atoms with Crippen LogP contribution in [0.4, 0.5) is 0 Å². The Morgan fingerprint density at radius 3 is 2.23 bits per heavy atom. The fourth-order valence-corrected chi connectivity index (χ4v) is 7.74. The van der Waals surface area contributed by atoms with Crippen molar-refractivity contribution in [2.45, 2.75) is 59.9 Å². The molecule has 1 fully saturated rings. The number of benzene rings is 1. The molecule has 1 heterocycles. The second kappa shape index (κ2) is 20.7. The minimum atomic E-state index is -4.55. The third-order valence-corrected chi connectivity index (χ3v) is 10.3. The van der Waals surface area contributed by atoms with Gasteiger partial charge in [-0.15, -0.1) is 0 Å². The van der Waals surface area contributed by atoms with Crippen molar-refractivity contribution in [3.05, 3.63) is 46.0 Å². The molecule has 17 heteroatoms. The topological polar surface area (TPSA) is 219 Å². The summed E-state index contributed by atoms with van der Waals surface area (Å²) in [5, 5.41) is 34.1. The van der Waals surface area contributed by atoms with Crippen LogP contribution in [0.1, 0.15) is 56.7 Å². The molecule has 1 amide bonds. The van der Waals surface area contributed by atoms with E-state index >= 15 is 0 Å². The van der Waals surface area contributed by atoms with E-state index in [1.54, 1.807) is 27.7 Å². The van der Waals surface area contributed by atoms with Crippen molar-refractivity contribution < 1.29 is 53.0 Å². The smallest absolute Gasteiger partial charge is 0.480 e. The fourth-order valence-electron chi connectivity index (χ4n) is 6.89.